The van der Waals surface area contributed by atoms with Gasteiger partial charge >= 0.3 is 6.03 Å². The van der Waals surface area contributed by atoms with Crippen molar-refractivity contribution in [2.75, 3.05) is 13.1 Å². The quantitative estimate of drug-likeness (QED) is 0.411. The van der Waals surface area contributed by atoms with Gasteiger partial charge < -0.3 is 0 Å². The van der Waals surface area contributed by atoms with Gasteiger partial charge in [-0.05, 0) is 60.5 Å². The molecule has 0 bridgehead atoms. The van der Waals surface area contributed by atoms with E-state index in [2.05, 4.69) is 24.3 Å². The standard InChI is InChI=1S/C26H28N2O3.2C2H6/c29-22-19-23(30)28(18-16-26(13-14-26)21-9-5-2-6-10-21)24(31)27(22)17-15-25(11-12-25)20-7-3-1-4-8-20;2*1-2/h1-10H,11-19H2;2*1-2H3. The minimum absolute atomic E-state index is 0.0689. The fourth-order valence-electron chi connectivity index (χ4n) is 5.02. The highest BCUT2D eigenvalue weighted by Gasteiger charge is 2.48. The van der Waals surface area contributed by atoms with E-state index >= 15 is 0 Å². The number of nitrogens with zero attached hydrogens (tertiary/aromatic N) is 2. The van der Waals surface area contributed by atoms with Crippen LogP contribution in [0.4, 0.5) is 4.79 Å². The molecule has 0 atom stereocenters. The number of urea groups is 1. The van der Waals surface area contributed by atoms with Crippen LogP contribution in [0.3, 0.4) is 0 Å². The smallest absolute Gasteiger partial charge is 0.274 e. The van der Waals surface area contributed by atoms with E-state index in [1.165, 1.54) is 20.9 Å². The summed E-state index contributed by atoms with van der Waals surface area (Å²) in [5.41, 5.74) is 2.69. The number of barbiturate groups is 1. The Hall–Kier alpha value is -2.95. The number of hydrogen-bond acceptors (Lipinski definition) is 3. The Kier molecular flexibility index (Phi) is 8.87. The Morgan fingerprint density at radius 2 is 0.943 bits per heavy atom. The normalized spacial score (nSPS) is 19.3. The number of benzene rings is 2. The molecular weight excluding hydrogens is 436 g/mol. The lowest BCUT2D eigenvalue weighted by atomic mass is 9.91. The van der Waals surface area contributed by atoms with Crippen molar-refractivity contribution < 1.29 is 14.4 Å². The van der Waals surface area contributed by atoms with Gasteiger partial charge in [-0.15, -0.1) is 0 Å². The molecule has 4 amide bonds. The molecule has 5 rings (SSSR count). The van der Waals surface area contributed by atoms with Gasteiger partial charge in [0, 0.05) is 13.1 Å². The van der Waals surface area contributed by atoms with Crippen LogP contribution in [0.25, 0.3) is 0 Å². The summed E-state index contributed by atoms with van der Waals surface area (Å²) in [6, 6.07) is 20.2. The molecule has 1 saturated heterocycles. The Bertz CT molecular complexity index is 915. The third kappa shape index (κ3) is 5.83. The molecule has 0 unspecified atom stereocenters. The van der Waals surface area contributed by atoms with Crippen molar-refractivity contribution in [3.05, 3.63) is 71.8 Å². The van der Waals surface area contributed by atoms with E-state index in [4.69, 9.17) is 0 Å². The van der Waals surface area contributed by atoms with Gasteiger partial charge in [0.05, 0.1) is 0 Å². The summed E-state index contributed by atoms with van der Waals surface area (Å²) in [7, 11) is 0. The van der Waals surface area contributed by atoms with Crippen LogP contribution in [0.2, 0.25) is 0 Å². The molecule has 35 heavy (non-hydrogen) atoms. The predicted octanol–water partition coefficient (Wildman–Crippen LogP) is 6.46. The lowest BCUT2D eigenvalue weighted by Gasteiger charge is -2.34. The minimum Gasteiger partial charge on any atom is -0.274 e. The Labute approximate surface area is 210 Å². The minimum atomic E-state index is -0.436. The van der Waals surface area contributed by atoms with E-state index in [1.54, 1.807) is 0 Å². The number of carbonyl (C=O) groups is 3. The van der Waals surface area contributed by atoms with Gasteiger partial charge in [0.25, 0.3) is 0 Å². The topological polar surface area (TPSA) is 57.7 Å². The maximum absolute atomic E-state index is 13.1. The van der Waals surface area contributed by atoms with E-state index < -0.39 is 6.03 Å². The molecule has 0 spiro atoms. The Morgan fingerprint density at radius 3 is 1.26 bits per heavy atom. The van der Waals surface area contributed by atoms with Gasteiger partial charge in [-0.3, -0.25) is 19.4 Å². The zero-order chi connectivity index (χ0) is 25.5. The molecular formula is C30H40N2O3. The molecule has 2 saturated carbocycles. The van der Waals surface area contributed by atoms with Crippen LogP contribution in [0.15, 0.2) is 60.7 Å². The molecule has 188 valence electrons. The summed E-state index contributed by atoms with van der Waals surface area (Å²) in [6.07, 6.45) is 5.62. The summed E-state index contributed by atoms with van der Waals surface area (Å²) in [5, 5.41) is 0. The van der Waals surface area contributed by atoms with Gasteiger partial charge in [-0.2, -0.15) is 0 Å². The third-order valence-electron chi connectivity index (χ3n) is 7.47. The first kappa shape index (κ1) is 26.7. The van der Waals surface area contributed by atoms with Crippen LogP contribution >= 0.6 is 0 Å². The van der Waals surface area contributed by atoms with Gasteiger partial charge in [-0.1, -0.05) is 88.4 Å². The van der Waals surface area contributed by atoms with Crippen molar-refractivity contribution in [1.82, 2.24) is 9.80 Å². The summed E-state index contributed by atoms with van der Waals surface area (Å²) in [6.45, 7) is 8.75. The first-order valence-electron chi connectivity index (χ1n) is 13.3. The number of hydrogen-bond donors (Lipinski definition) is 0. The lowest BCUT2D eigenvalue weighted by Crippen LogP contribution is -2.55. The molecule has 1 aliphatic heterocycles. The maximum atomic E-state index is 13.1. The van der Waals surface area contributed by atoms with Crippen LogP contribution in [0.5, 0.6) is 0 Å². The molecule has 1 heterocycles. The molecule has 2 aliphatic carbocycles. The number of carbonyl (C=O) groups excluding carboxylic acids is 3. The number of amides is 4. The monoisotopic (exact) mass is 476 g/mol. The van der Waals surface area contributed by atoms with Gasteiger partial charge in [0.2, 0.25) is 11.8 Å². The summed E-state index contributed by atoms with van der Waals surface area (Å²) < 4.78 is 0. The summed E-state index contributed by atoms with van der Waals surface area (Å²) in [4.78, 5) is 40.8. The maximum Gasteiger partial charge on any atom is 0.333 e. The predicted molar refractivity (Wildman–Crippen MR) is 140 cm³/mol. The van der Waals surface area contributed by atoms with Crippen LogP contribution < -0.4 is 0 Å². The number of rotatable bonds is 8. The van der Waals surface area contributed by atoms with E-state index in [1.807, 2.05) is 64.1 Å². The van der Waals surface area contributed by atoms with Crippen LogP contribution in [0.1, 0.15) is 83.8 Å². The van der Waals surface area contributed by atoms with Crippen molar-refractivity contribution in [2.45, 2.75) is 83.5 Å². The molecule has 3 aliphatic rings. The number of imide groups is 2. The lowest BCUT2D eigenvalue weighted by molar-refractivity contribution is -0.142. The van der Waals surface area contributed by atoms with E-state index in [9.17, 15) is 14.4 Å². The van der Waals surface area contributed by atoms with Crippen LogP contribution in [-0.2, 0) is 20.4 Å². The molecule has 5 heteroatoms. The largest absolute Gasteiger partial charge is 0.333 e. The van der Waals surface area contributed by atoms with Crippen molar-refractivity contribution in [3.8, 4) is 0 Å². The summed E-state index contributed by atoms with van der Waals surface area (Å²) in [5.74, 6) is -0.724. The second-order valence-electron chi connectivity index (χ2n) is 9.34. The van der Waals surface area contributed by atoms with E-state index in [0.29, 0.717) is 13.1 Å². The fraction of sp³-hybridized carbons (Fsp3) is 0.500. The van der Waals surface area contributed by atoms with Gasteiger partial charge in [0.15, 0.2) is 0 Å². The van der Waals surface area contributed by atoms with Crippen molar-refractivity contribution in [1.29, 1.82) is 0 Å². The molecule has 2 aromatic rings. The van der Waals surface area contributed by atoms with E-state index in [-0.39, 0.29) is 29.1 Å². The second kappa shape index (κ2) is 11.7. The third-order valence-corrected chi connectivity index (χ3v) is 7.47. The fourth-order valence-corrected chi connectivity index (χ4v) is 5.02. The van der Waals surface area contributed by atoms with Crippen LogP contribution in [0, 0.1) is 0 Å². The molecule has 0 radical (unpaired) electrons. The molecule has 0 aromatic heterocycles. The highest BCUT2D eigenvalue weighted by molar-refractivity contribution is 6.14. The zero-order valence-corrected chi connectivity index (χ0v) is 21.8. The highest BCUT2D eigenvalue weighted by Crippen LogP contribution is 2.52. The van der Waals surface area contributed by atoms with Crippen molar-refractivity contribution in [2.24, 2.45) is 0 Å². The molecule has 2 aromatic carbocycles. The van der Waals surface area contributed by atoms with Crippen molar-refractivity contribution in [3.63, 3.8) is 0 Å². The molecule has 3 fully saturated rings. The van der Waals surface area contributed by atoms with Crippen molar-refractivity contribution >= 4 is 17.8 Å². The molecule has 5 nitrogen and oxygen atoms in total. The van der Waals surface area contributed by atoms with Crippen LogP contribution in [-0.4, -0.2) is 40.7 Å². The average Bonchev–Trinajstić information content (AvgIpc) is 3.84. The van der Waals surface area contributed by atoms with Gasteiger partial charge in [-0.25, -0.2) is 4.79 Å². The van der Waals surface area contributed by atoms with Gasteiger partial charge in [0.1, 0.15) is 6.42 Å². The first-order valence-corrected chi connectivity index (χ1v) is 13.3. The Morgan fingerprint density at radius 1 is 0.600 bits per heavy atom. The Balaban J connectivity index is 0.000000815. The first-order chi connectivity index (χ1) is 17.0. The zero-order valence-electron chi connectivity index (χ0n) is 21.8. The second-order valence-corrected chi connectivity index (χ2v) is 9.34. The van der Waals surface area contributed by atoms with E-state index in [0.717, 1.165) is 38.5 Å². The SMILES string of the molecule is CC.CC.O=C1CC(=O)N(CCC2(c3ccccc3)CC2)C(=O)N1CCC1(c2ccccc2)CC1. The average molecular weight is 477 g/mol. The highest BCUT2D eigenvalue weighted by atomic mass is 16.2. The summed E-state index contributed by atoms with van der Waals surface area (Å²) >= 11 is 0. The molecule has 0 N–H and O–H groups in total.